The summed E-state index contributed by atoms with van der Waals surface area (Å²) in [6.45, 7) is 16.5. The van der Waals surface area contributed by atoms with E-state index in [-0.39, 0.29) is 35.4 Å². The first kappa shape index (κ1) is 24.4. The summed E-state index contributed by atoms with van der Waals surface area (Å²) in [5.41, 5.74) is 1.18. The molecule has 0 radical (unpaired) electrons. The number of benzene rings is 1. The van der Waals surface area contributed by atoms with Crippen molar-refractivity contribution in [3.05, 3.63) is 42.1 Å². The first-order valence-corrected chi connectivity index (χ1v) is 10.8. The number of para-hydroxylation sites is 1. The Morgan fingerprint density at radius 3 is 2.19 bits per heavy atom. The zero-order chi connectivity index (χ0) is 23.4. The highest BCUT2D eigenvalue weighted by molar-refractivity contribution is 5.94. The van der Waals surface area contributed by atoms with E-state index in [1.165, 1.54) is 0 Å². The number of anilines is 1. The maximum absolute atomic E-state index is 12.9. The number of aromatic nitrogens is 2. The van der Waals surface area contributed by atoms with Gasteiger partial charge in [0.15, 0.2) is 0 Å². The summed E-state index contributed by atoms with van der Waals surface area (Å²) in [6.07, 6.45) is 0. The molecule has 2 rings (SSSR count). The zero-order valence-corrected chi connectivity index (χ0v) is 20.1. The van der Waals surface area contributed by atoms with E-state index in [0.29, 0.717) is 12.4 Å². The topological polar surface area (TPSA) is 79.3 Å². The quantitative estimate of drug-likeness (QED) is 0.708. The van der Waals surface area contributed by atoms with Gasteiger partial charge in [0, 0.05) is 23.6 Å². The maximum atomic E-state index is 12.9. The summed E-state index contributed by atoms with van der Waals surface area (Å²) < 4.78 is 1.74. The molecule has 0 fully saturated rings. The van der Waals surface area contributed by atoms with E-state index in [9.17, 15) is 9.59 Å². The molecule has 170 valence electrons. The highest BCUT2D eigenvalue weighted by Gasteiger charge is 2.25. The second kappa shape index (κ2) is 9.54. The normalized spacial score (nSPS) is 12.0. The largest absolute Gasteiger partial charge is 0.333 e. The third kappa shape index (κ3) is 7.42. The molecule has 7 nitrogen and oxygen atoms in total. The van der Waals surface area contributed by atoms with Crippen molar-refractivity contribution in [1.29, 1.82) is 0 Å². The monoisotopic (exact) mass is 427 g/mol. The summed E-state index contributed by atoms with van der Waals surface area (Å²) in [6, 6.07) is 11.3. The lowest BCUT2D eigenvalue weighted by atomic mass is 9.92. The zero-order valence-electron chi connectivity index (χ0n) is 20.1. The summed E-state index contributed by atoms with van der Waals surface area (Å²) in [5.74, 6) is 0.560. The van der Waals surface area contributed by atoms with E-state index in [1.807, 2.05) is 71.0 Å². The van der Waals surface area contributed by atoms with E-state index < -0.39 is 0 Å². The molecule has 0 unspecified atom stereocenters. The number of amides is 3. The lowest BCUT2D eigenvalue weighted by molar-refractivity contribution is -0.116. The first-order chi connectivity index (χ1) is 14.3. The number of nitrogens with one attached hydrogen (secondary N) is 2. The molecule has 0 aliphatic rings. The summed E-state index contributed by atoms with van der Waals surface area (Å²) >= 11 is 0. The molecule has 2 aromatic rings. The van der Waals surface area contributed by atoms with Gasteiger partial charge in [-0.1, -0.05) is 52.8 Å². The van der Waals surface area contributed by atoms with E-state index in [2.05, 4.69) is 31.4 Å². The van der Waals surface area contributed by atoms with Gasteiger partial charge in [-0.25, -0.2) is 9.48 Å². The highest BCUT2D eigenvalue weighted by atomic mass is 16.2. The van der Waals surface area contributed by atoms with Gasteiger partial charge in [0.1, 0.15) is 12.4 Å². The number of hydrogen-bond acceptors (Lipinski definition) is 3. The molecule has 1 aromatic heterocycles. The fourth-order valence-electron chi connectivity index (χ4n) is 3.02. The molecule has 0 saturated heterocycles. The third-order valence-electron chi connectivity index (χ3n) is 4.44. The van der Waals surface area contributed by atoms with Gasteiger partial charge >= 0.3 is 6.03 Å². The van der Waals surface area contributed by atoms with Crippen molar-refractivity contribution in [2.75, 3.05) is 18.4 Å². The molecule has 0 aliphatic heterocycles. The average molecular weight is 428 g/mol. The van der Waals surface area contributed by atoms with Crippen LogP contribution < -0.4 is 10.6 Å². The van der Waals surface area contributed by atoms with Crippen molar-refractivity contribution >= 4 is 17.8 Å². The van der Waals surface area contributed by atoms with Gasteiger partial charge in [-0.3, -0.25) is 4.79 Å². The molecular weight excluding hydrogens is 390 g/mol. The van der Waals surface area contributed by atoms with Gasteiger partial charge in [0.25, 0.3) is 0 Å². The highest BCUT2D eigenvalue weighted by Crippen LogP contribution is 2.26. The molecule has 0 bridgehead atoms. The maximum Gasteiger partial charge on any atom is 0.318 e. The lowest BCUT2D eigenvalue weighted by Gasteiger charge is -2.29. The second-order valence-corrected chi connectivity index (χ2v) is 10.4. The van der Waals surface area contributed by atoms with Crippen molar-refractivity contribution in [2.45, 2.75) is 66.3 Å². The van der Waals surface area contributed by atoms with E-state index >= 15 is 0 Å². The molecule has 31 heavy (non-hydrogen) atoms. The number of urea groups is 1. The molecule has 0 spiro atoms. The van der Waals surface area contributed by atoms with Crippen LogP contribution in [-0.4, -0.2) is 45.2 Å². The Balaban J connectivity index is 2.26. The van der Waals surface area contributed by atoms with Gasteiger partial charge in [-0.2, -0.15) is 5.10 Å². The van der Waals surface area contributed by atoms with Crippen LogP contribution in [0.1, 0.15) is 61.1 Å². The van der Waals surface area contributed by atoms with Gasteiger partial charge in [-0.15, -0.1) is 0 Å². The van der Waals surface area contributed by atoms with E-state index in [4.69, 9.17) is 5.10 Å². The summed E-state index contributed by atoms with van der Waals surface area (Å²) in [7, 11) is 0. The molecule has 1 heterocycles. The van der Waals surface area contributed by atoms with Crippen LogP contribution in [0, 0.1) is 5.92 Å². The molecule has 1 aromatic carbocycles. The Morgan fingerprint density at radius 1 is 1.06 bits per heavy atom. The minimum atomic E-state index is -0.379. The molecule has 2 N–H and O–H groups in total. The van der Waals surface area contributed by atoms with E-state index in [0.717, 1.165) is 11.4 Å². The second-order valence-electron chi connectivity index (χ2n) is 10.4. The van der Waals surface area contributed by atoms with Crippen molar-refractivity contribution in [1.82, 2.24) is 20.0 Å². The van der Waals surface area contributed by atoms with Crippen molar-refractivity contribution in [2.24, 2.45) is 5.92 Å². The van der Waals surface area contributed by atoms with E-state index in [1.54, 1.807) is 9.58 Å². The van der Waals surface area contributed by atoms with Crippen LogP contribution in [0.2, 0.25) is 0 Å². The van der Waals surface area contributed by atoms with Gasteiger partial charge in [0.2, 0.25) is 5.91 Å². The standard InChI is InChI=1S/C24H37N5O2/c1-17(2)15-28(22(31)26-24(6,7)8)16-21(30)25-20-14-19(23(3,4)5)27-29(20)18-12-10-9-11-13-18/h9-14,17H,15-16H2,1-8H3,(H,25,30)(H,26,31). The van der Waals surface area contributed by atoms with Crippen molar-refractivity contribution in [3.8, 4) is 5.69 Å². The molecule has 0 aliphatic carbocycles. The predicted molar refractivity (Wildman–Crippen MR) is 126 cm³/mol. The number of nitrogens with zero attached hydrogens (tertiary/aromatic N) is 3. The SMILES string of the molecule is CC(C)CN(CC(=O)Nc1cc(C(C)(C)C)nn1-c1ccccc1)C(=O)NC(C)(C)C. The lowest BCUT2D eigenvalue weighted by Crippen LogP contribution is -2.51. The van der Waals surface area contributed by atoms with Gasteiger partial charge < -0.3 is 15.5 Å². The average Bonchev–Trinajstić information content (AvgIpc) is 3.04. The van der Waals surface area contributed by atoms with Crippen LogP contribution >= 0.6 is 0 Å². The van der Waals surface area contributed by atoms with Crippen molar-refractivity contribution in [3.63, 3.8) is 0 Å². The number of hydrogen-bond donors (Lipinski definition) is 2. The van der Waals surface area contributed by atoms with Crippen LogP contribution in [0.25, 0.3) is 5.69 Å². The number of carbonyl (C=O) groups excluding carboxylic acids is 2. The summed E-state index contributed by atoms with van der Waals surface area (Å²) in [4.78, 5) is 27.2. The Labute approximate surface area is 186 Å². The molecule has 0 saturated carbocycles. The van der Waals surface area contributed by atoms with Gasteiger partial charge in [0.05, 0.1) is 11.4 Å². The molecule has 7 heteroatoms. The fourth-order valence-corrected chi connectivity index (χ4v) is 3.02. The molecule has 3 amide bonds. The van der Waals surface area contributed by atoms with Crippen LogP contribution in [0.5, 0.6) is 0 Å². The number of rotatable bonds is 6. The molecule has 0 atom stereocenters. The van der Waals surface area contributed by atoms with Crippen LogP contribution in [0.3, 0.4) is 0 Å². The fraction of sp³-hybridized carbons (Fsp3) is 0.542. The Bertz CT molecular complexity index is 889. The van der Waals surface area contributed by atoms with Crippen molar-refractivity contribution < 1.29 is 9.59 Å². The third-order valence-corrected chi connectivity index (χ3v) is 4.44. The minimum Gasteiger partial charge on any atom is -0.333 e. The van der Waals surface area contributed by atoms with Gasteiger partial charge in [-0.05, 0) is 38.8 Å². The molecular formula is C24H37N5O2. The smallest absolute Gasteiger partial charge is 0.318 e. The summed E-state index contributed by atoms with van der Waals surface area (Å²) in [5, 5.41) is 10.6. The first-order valence-electron chi connectivity index (χ1n) is 10.8. The minimum absolute atomic E-state index is 0.0368. The van der Waals surface area contributed by atoms with Crippen LogP contribution in [0.4, 0.5) is 10.6 Å². The number of carbonyl (C=O) groups is 2. The predicted octanol–water partition coefficient (Wildman–Crippen LogP) is 4.57. The Hall–Kier alpha value is -2.83. The Morgan fingerprint density at radius 2 is 1.68 bits per heavy atom. The van der Waals surface area contributed by atoms with Crippen LogP contribution in [-0.2, 0) is 10.2 Å². The Kier molecular flexibility index (Phi) is 7.52. The van der Waals surface area contributed by atoms with Crippen LogP contribution in [0.15, 0.2) is 36.4 Å².